The lowest BCUT2D eigenvalue weighted by Crippen LogP contribution is -2.19. The standard InChI is InChI=1S/C20H29NOS/c1-15(8-6-9-16(2)14-19(22)21-23)11-12-18-17(3)10-7-13-20(18,4)5/h6,8-9,11-12,14,23H,7,10,13H2,1-5H3,(H,21,22). The molecule has 0 fully saturated rings. The molecule has 3 heteroatoms. The smallest absolute Gasteiger partial charge is 0.253 e. The average molecular weight is 332 g/mol. The van der Waals surface area contributed by atoms with Gasteiger partial charge in [-0.15, -0.1) is 0 Å². The molecule has 0 saturated heterocycles. The Morgan fingerprint density at radius 2 is 1.91 bits per heavy atom. The minimum absolute atomic E-state index is 0.210. The summed E-state index contributed by atoms with van der Waals surface area (Å²) in [6.07, 6.45) is 15.6. The second-order valence-corrected chi connectivity index (χ2v) is 7.12. The van der Waals surface area contributed by atoms with Crippen LogP contribution in [0.5, 0.6) is 0 Å². The maximum absolute atomic E-state index is 11.2. The highest BCUT2D eigenvalue weighted by Gasteiger charge is 2.26. The molecule has 0 radical (unpaired) electrons. The molecule has 1 N–H and O–H groups in total. The molecule has 0 heterocycles. The van der Waals surface area contributed by atoms with Gasteiger partial charge < -0.3 is 0 Å². The molecule has 0 aromatic heterocycles. The Kier molecular flexibility index (Phi) is 7.63. The SMILES string of the molecule is CC(C=CC1=C(C)CCCC1(C)C)=CC=CC(C)=CC(=O)NS. The molecular formula is C20H29NOS. The molecule has 0 unspecified atom stereocenters. The van der Waals surface area contributed by atoms with E-state index in [4.69, 9.17) is 0 Å². The quantitative estimate of drug-likeness (QED) is 0.390. The van der Waals surface area contributed by atoms with Crippen molar-refractivity contribution < 1.29 is 4.79 Å². The number of nitrogens with one attached hydrogen (secondary N) is 1. The van der Waals surface area contributed by atoms with Gasteiger partial charge in [0.25, 0.3) is 5.91 Å². The number of allylic oxidation sites excluding steroid dienone is 9. The van der Waals surface area contributed by atoms with Gasteiger partial charge in [-0.25, -0.2) is 0 Å². The zero-order valence-corrected chi connectivity index (χ0v) is 15.8. The molecule has 2 nitrogen and oxygen atoms in total. The van der Waals surface area contributed by atoms with E-state index in [0.717, 1.165) is 5.57 Å². The Hall–Kier alpha value is -1.48. The fraction of sp³-hybridized carbons (Fsp3) is 0.450. The molecule has 126 valence electrons. The number of hydrogen-bond donors (Lipinski definition) is 2. The van der Waals surface area contributed by atoms with Crippen LogP contribution in [-0.2, 0) is 4.79 Å². The van der Waals surface area contributed by atoms with Crippen LogP contribution in [0.2, 0.25) is 0 Å². The minimum Gasteiger partial charge on any atom is -0.299 e. The first kappa shape index (κ1) is 19.6. The van der Waals surface area contributed by atoms with E-state index in [0.29, 0.717) is 0 Å². The van der Waals surface area contributed by atoms with E-state index in [1.807, 2.05) is 19.1 Å². The first-order valence-electron chi connectivity index (χ1n) is 8.12. The molecular weight excluding hydrogens is 302 g/mol. The average Bonchev–Trinajstić information content (AvgIpc) is 2.45. The van der Waals surface area contributed by atoms with Crippen LogP contribution >= 0.6 is 12.8 Å². The molecule has 23 heavy (non-hydrogen) atoms. The highest BCUT2D eigenvalue weighted by Crippen LogP contribution is 2.40. The van der Waals surface area contributed by atoms with Crippen LogP contribution in [0.3, 0.4) is 0 Å². The fourth-order valence-electron chi connectivity index (χ4n) is 2.92. The van der Waals surface area contributed by atoms with Gasteiger partial charge in [0.2, 0.25) is 0 Å². The number of thiol groups is 1. The summed E-state index contributed by atoms with van der Waals surface area (Å²) >= 11 is 3.72. The van der Waals surface area contributed by atoms with Gasteiger partial charge >= 0.3 is 0 Å². The van der Waals surface area contributed by atoms with Crippen molar-refractivity contribution in [2.45, 2.75) is 53.9 Å². The van der Waals surface area contributed by atoms with Crippen molar-refractivity contribution in [3.63, 3.8) is 0 Å². The van der Waals surface area contributed by atoms with Crippen molar-refractivity contribution in [2.24, 2.45) is 5.41 Å². The van der Waals surface area contributed by atoms with E-state index < -0.39 is 0 Å². The van der Waals surface area contributed by atoms with Gasteiger partial charge in [-0.1, -0.05) is 68.2 Å². The lowest BCUT2D eigenvalue weighted by Gasteiger charge is -2.32. The van der Waals surface area contributed by atoms with Crippen LogP contribution in [0.1, 0.15) is 53.9 Å². The van der Waals surface area contributed by atoms with Crippen LogP contribution in [0, 0.1) is 5.41 Å². The molecule has 0 aromatic rings. The molecule has 1 rings (SSSR count). The number of rotatable bonds is 5. The predicted octanol–water partition coefficient (Wildman–Crippen LogP) is 5.48. The Morgan fingerprint density at radius 3 is 2.52 bits per heavy atom. The van der Waals surface area contributed by atoms with Crippen molar-refractivity contribution in [1.29, 1.82) is 0 Å². The van der Waals surface area contributed by atoms with Gasteiger partial charge in [0.15, 0.2) is 0 Å². The third-order valence-corrected chi connectivity index (χ3v) is 4.46. The summed E-state index contributed by atoms with van der Waals surface area (Å²) in [7, 11) is 0. The minimum atomic E-state index is -0.210. The van der Waals surface area contributed by atoms with Gasteiger partial charge in [-0.2, -0.15) is 0 Å². The number of carbonyl (C=O) groups excluding carboxylic acids is 1. The van der Waals surface area contributed by atoms with Gasteiger partial charge in [-0.05, 0) is 56.6 Å². The number of amides is 1. The van der Waals surface area contributed by atoms with E-state index in [1.165, 1.54) is 42.1 Å². The molecule has 0 spiro atoms. The van der Waals surface area contributed by atoms with Crippen molar-refractivity contribution in [3.05, 3.63) is 58.7 Å². The van der Waals surface area contributed by atoms with E-state index >= 15 is 0 Å². The predicted molar refractivity (Wildman–Crippen MR) is 103 cm³/mol. The number of carbonyl (C=O) groups is 1. The third kappa shape index (κ3) is 6.66. The van der Waals surface area contributed by atoms with Crippen LogP contribution in [-0.4, -0.2) is 5.91 Å². The summed E-state index contributed by atoms with van der Waals surface area (Å²) in [5.41, 5.74) is 5.33. The monoisotopic (exact) mass is 331 g/mol. The molecule has 0 aliphatic heterocycles. The number of hydrogen-bond acceptors (Lipinski definition) is 2. The van der Waals surface area contributed by atoms with Gasteiger partial charge in [0.05, 0.1) is 0 Å². The van der Waals surface area contributed by atoms with Gasteiger partial charge in [0, 0.05) is 6.08 Å². The Labute approximate surface area is 146 Å². The van der Waals surface area contributed by atoms with Crippen molar-refractivity contribution in [2.75, 3.05) is 0 Å². The second kappa shape index (κ2) is 8.97. The van der Waals surface area contributed by atoms with E-state index in [2.05, 4.69) is 63.5 Å². The third-order valence-electron chi connectivity index (χ3n) is 4.24. The molecule has 1 aliphatic carbocycles. The largest absolute Gasteiger partial charge is 0.299 e. The molecule has 0 bridgehead atoms. The van der Waals surface area contributed by atoms with Gasteiger partial charge in [-0.3, -0.25) is 9.52 Å². The zero-order valence-electron chi connectivity index (χ0n) is 14.9. The van der Waals surface area contributed by atoms with Crippen molar-refractivity contribution in [1.82, 2.24) is 4.72 Å². The summed E-state index contributed by atoms with van der Waals surface area (Å²) in [4.78, 5) is 11.2. The normalized spacial score (nSPS) is 19.7. The molecule has 1 aliphatic rings. The Bertz CT molecular complexity index is 589. The second-order valence-electron chi connectivity index (χ2n) is 6.90. The van der Waals surface area contributed by atoms with E-state index in [9.17, 15) is 4.79 Å². The lowest BCUT2D eigenvalue weighted by molar-refractivity contribution is -0.114. The lowest BCUT2D eigenvalue weighted by atomic mass is 9.72. The highest BCUT2D eigenvalue weighted by molar-refractivity contribution is 7.78. The van der Waals surface area contributed by atoms with Crippen LogP contribution < -0.4 is 4.72 Å². The van der Waals surface area contributed by atoms with E-state index in [-0.39, 0.29) is 11.3 Å². The molecule has 0 aromatic carbocycles. The zero-order chi connectivity index (χ0) is 17.5. The van der Waals surface area contributed by atoms with E-state index in [1.54, 1.807) is 0 Å². The molecule has 0 saturated carbocycles. The first-order valence-corrected chi connectivity index (χ1v) is 8.56. The van der Waals surface area contributed by atoms with Crippen LogP contribution in [0.4, 0.5) is 0 Å². The van der Waals surface area contributed by atoms with Crippen LogP contribution in [0.15, 0.2) is 58.7 Å². The highest BCUT2D eigenvalue weighted by atomic mass is 32.1. The topological polar surface area (TPSA) is 29.1 Å². The Morgan fingerprint density at radius 1 is 1.22 bits per heavy atom. The van der Waals surface area contributed by atoms with Crippen LogP contribution in [0.25, 0.3) is 0 Å². The summed E-state index contributed by atoms with van der Waals surface area (Å²) < 4.78 is 2.28. The summed E-state index contributed by atoms with van der Waals surface area (Å²) in [5.74, 6) is -0.210. The van der Waals surface area contributed by atoms with Gasteiger partial charge in [0.1, 0.15) is 0 Å². The van der Waals surface area contributed by atoms with Crippen molar-refractivity contribution >= 4 is 18.7 Å². The fourth-order valence-corrected chi connectivity index (χ4v) is 2.98. The first-order chi connectivity index (χ1) is 10.8. The molecule has 0 atom stereocenters. The maximum atomic E-state index is 11.2. The molecule has 1 amide bonds. The summed E-state index contributed by atoms with van der Waals surface area (Å²) in [6.45, 7) is 10.9. The Balaban J connectivity index is 2.77. The maximum Gasteiger partial charge on any atom is 0.253 e. The summed E-state index contributed by atoms with van der Waals surface area (Å²) in [6, 6.07) is 0. The summed E-state index contributed by atoms with van der Waals surface area (Å²) in [5, 5.41) is 0. The van der Waals surface area contributed by atoms with Crippen molar-refractivity contribution in [3.8, 4) is 0 Å².